The van der Waals surface area contributed by atoms with Gasteiger partial charge in [-0.3, -0.25) is 19.1 Å². The topological polar surface area (TPSA) is 160 Å². The van der Waals surface area contributed by atoms with E-state index >= 15 is 0 Å². The summed E-state index contributed by atoms with van der Waals surface area (Å²) in [6, 6.07) is 13.7. The van der Waals surface area contributed by atoms with Crippen LogP contribution >= 0.6 is 0 Å². The fourth-order valence-electron chi connectivity index (χ4n) is 7.67. The van der Waals surface area contributed by atoms with Crippen LogP contribution in [0.25, 0.3) is 11.1 Å². The summed E-state index contributed by atoms with van der Waals surface area (Å²) < 4.78 is 39.6. The van der Waals surface area contributed by atoms with Crippen molar-refractivity contribution in [2.75, 3.05) is 13.7 Å². The minimum absolute atomic E-state index is 0.0314. The smallest absolute Gasteiger partial charge is 0.408 e. The lowest BCUT2D eigenvalue weighted by atomic mass is 9.85. The van der Waals surface area contributed by atoms with Gasteiger partial charge < -0.3 is 25.0 Å². The minimum atomic E-state index is -3.89. The first-order valence-electron chi connectivity index (χ1n) is 18.5. The Labute approximate surface area is 312 Å². The van der Waals surface area contributed by atoms with Crippen LogP contribution in [0.3, 0.4) is 0 Å². The molecule has 3 aliphatic carbocycles. The number of methoxy groups -OCH3 is 1. The summed E-state index contributed by atoms with van der Waals surface area (Å²) in [7, 11) is -2.36. The molecule has 5 atom stereocenters. The molecule has 0 radical (unpaired) electrons. The van der Waals surface area contributed by atoms with Crippen LogP contribution < -0.4 is 15.4 Å². The van der Waals surface area contributed by atoms with Crippen molar-refractivity contribution in [1.29, 1.82) is 0 Å². The number of nitrogens with one attached hydrogen (secondary N) is 3. The second-order valence-electron chi connectivity index (χ2n) is 16.3. The van der Waals surface area contributed by atoms with E-state index in [1.807, 2.05) is 76.2 Å². The van der Waals surface area contributed by atoms with Crippen molar-refractivity contribution in [3.05, 3.63) is 72.3 Å². The number of ether oxygens (including phenoxy) is 2. The van der Waals surface area contributed by atoms with Gasteiger partial charge in [0.25, 0.3) is 5.91 Å². The van der Waals surface area contributed by atoms with E-state index in [1.165, 1.54) is 18.1 Å². The number of likely N-dealkylation sites (tertiary alicyclic amines) is 1. The molecule has 53 heavy (non-hydrogen) atoms. The maximum Gasteiger partial charge on any atom is 0.408 e. The second-order valence-corrected chi connectivity index (χ2v) is 18.2. The van der Waals surface area contributed by atoms with Gasteiger partial charge >= 0.3 is 6.09 Å². The predicted octanol–water partition coefficient (Wildman–Crippen LogP) is 4.86. The van der Waals surface area contributed by atoms with E-state index in [0.717, 1.165) is 47.9 Å². The molecule has 13 heteroatoms. The van der Waals surface area contributed by atoms with Gasteiger partial charge in [0.1, 0.15) is 29.3 Å². The SMILES string of the molecule is C=C[C@@H]1C[C@]1(NC(=O)[C@@H]1C[C@@](OC)(c2ccc(-c3ccc(C)cc3)cc2)CN1C(=O)[C@@H](NC(=O)OC1CCCC1)C(C)(C)C)C(=O)NS(=O)(=O)C1CC1. The number of carbonyl (C=O) groups excluding carboxylic acids is 4. The van der Waals surface area contributed by atoms with Gasteiger partial charge in [-0.05, 0) is 74.0 Å². The number of aryl methyl sites for hydroxylation is 1. The van der Waals surface area contributed by atoms with E-state index in [2.05, 4.69) is 21.9 Å². The molecule has 0 aromatic heterocycles. The highest BCUT2D eigenvalue weighted by molar-refractivity contribution is 7.91. The molecule has 2 aromatic carbocycles. The number of hydrogen-bond donors (Lipinski definition) is 3. The monoisotopic (exact) mass is 748 g/mol. The maximum atomic E-state index is 14.7. The number of nitrogens with zero attached hydrogens (tertiary/aromatic N) is 1. The zero-order valence-corrected chi connectivity index (χ0v) is 32.1. The Kier molecular flexibility index (Phi) is 10.6. The van der Waals surface area contributed by atoms with Crippen LogP contribution in [0.1, 0.15) is 83.3 Å². The lowest BCUT2D eigenvalue weighted by Gasteiger charge is -2.36. The van der Waals surface area contributed by atoms with Gasteiger partial charge in [-0.15, -0.1) is 6.58 Å². The van der Waals surface area contributed by atoms with Crippen LogP contribution in [0.5, 0.6) is 0 Å². The van der Waals surface area contributed by atoms with Crippen molar-refractivity contribution >= 4 is 33.8 Å². The number of carbonyl (C=O) groups is 4. The van der Waals surface area contributed by atoms with Crippen molar-refractivity contribution in [1.82, 2.24) is 20.3 Å². The molecule has 1 saturated heterocycles. The van der Waals surface area contributed by atoms with Gasteiger partial charge in [-0.25, -0.2) is 13.2 Å². The average Bonchev–Trinajstić information content (AvgIpc) is 4.00. The van der Waals surface area contributed by atoms with E-state index in [4.69, 9.17) is 9.47 Å². The highest BCUT2D eigenvalue weighted by Crippen LogP contribution is 2.47. The fraction of sp³-hybridized carbons (Fsp3) is 0.550. The first-order valence-corrected chi connectivity index (χ1v) is 20.1. The van der Waals surface area contributed by atoms with E-state index in [0.29, 0.717) is 12.8 Å². The predicted molar refractivity (Wildman–Crippen MR) is 200 cm³/mol. The molecular formula is C40H52N4O8S. The molecular weight excluding hydrogens is 697 g/mol. The highest BCUT2D eigenvalue weighted by atomic mass is 32.2. The first-order chi connectivity index (χ1) is 25.0. The average molecular weight is 749 g/mol. The van der Waals surface area contributed by atoms with Crippen molar-refractivity contribution in [2.45, 2.75) is 114 Å². The Bertz CT molecular complexity index is 1850. The van der Waals surface area contributed by atoms with Crippen LogP contribution in [0.2, 0.25) is 0 Å². The molecule has 0 bridgehead atoms. The van der Waals surface area contributed by atoms with Gasteiger partial charge in [0, 0.05) is 19.4 Å². The van der Waals surface area contributed by atoms with Gasteiger partial charge in [-0.2, -0.15) is 0 Å². The van der Waals surface area contributed by atoms with Crippen molar-refractivity contribution < 1.29 is 37.1 Å². The molecule has 0 spiro atoms. The Morgan fingerprint density at radius 3 is 2.08 bits per heavy atom. The number of hydrogen-bond acceptors (Lipinski definition) is 8. The van der Waals surface area contributed by atoms with E-state index < -0.39 is 73.6 Å². The molecule has 3 N–H and O–H groups in total. The highest BCUT2D eigenvalue weighted by Gasteiger charge is 2.62. The van der Waals surface area contributed by atoms with Crippen LogP contribution in [-0.2, 0) is 39.5 Å². The van der Waals surface area contributed by atoms with Crippen molar-refractivity contribution in [2.24, 2.45) is 11.3 Å². The summed E-state index contributed by atoms with van der Waals surface area (Å²) in [6.45, 7) is 11.3. The number of amides is 4. The van der Waals surface area contributed by atoms with Crippen LogP contribution in [0, 0.1) is 18.3 Å². The molecule has 3 saturated carbocycles. The summed E-state index contributed by atoms with van der Waals surface area (Å²) in [6.07, 6.45) is 5.18. The van der Waals surface area contributed by atoms with Crippen molar-refractivity contribution in [3.8, 4) is 11.1 Å². The summed E-state index contributed by atoms with van der Waals surface area (Å²) in [5, 5.41) is 5.01. The third-order valence-corrected chi connectivity index (χ3v) is 13.1. The zero-order chi connectivity index (χ0) is 38.3. The Hall–Kier alpha value is -4.23. The molecule has 1 aliphatic heterocycles. The molecule has 12 nitrogen and oxygen atoms in total. The zero-order valence-electron chi connectivity index (χ0n) is 31.3. The second kappa shape index (κ2) is 14.5. The minimum Gasteiger partial charge on any atom is -0.446 e. The molecule has 6 rings (SSSR count). The molecule has 1 heterocycles. The Balaban J connectivity index is 1.31. The molecule has 4 amide bonds. The van der Waals surface area contributed by atoms with Crippen LogP contribution in [-0.4, -0.2) is 79.8 Å². The molecule has 2 aromatic rings. The number of sulfonamides is 1. The van der Waals surface area contributed by atoms with Gasteiger partial charge in [-0.1, -0.05) is 80.9 Å². The molecule has 286 valence electrons. The number of rotatable bonds is 12. The normalized spacial score (nSPS) is 26.4. The number of alkyl carbamates (subject to hydrolysis) is 1. The Morgan fingerprint density at radius 1 is 0.943 bits per heavy atom. The van der Waals surface area contributed by atoms with Crippen LogP contribution in [0.15, 0.2) is 61.2 Å². The van der Waals surface area contributed by atoms with Gasteiger partial charge in [0.15, 0.2) is 0 Å². The lowest BCUT2D eigenvalue weighted by molar-refractivity contribution is -0.143. The fourth-order valence-corrected chi connectivity index (χ4v) is 9.03. The van der Waals surface area contributed by atoms with Crippen molar-refractivity contribution in [3.63, 3.8) is 0 Å². The molecule has 4 fully saturated rings. The van der Waals surface area contributed by atoms with E-state index in [-0.39, 0.29) is 25.5 Å². The van der Waals surface area contributed by atoms with E-state index in [9.17, 15) is 27.6 Å². The van der Waals surface area contributed by atoms with E-state index in [1.54, 1.807) is 0 Å². The summed E-state index contributed by atoms with van der Waals surface area (Å²) in [4.78, 5) is 57.4. The molecule has 4 aliphatic rings. The maximum absolute atomic E-state index is 14.7. The van der Waals surface area contributed by atoms with Gasteiger partial charge in [0.2, 0.25) is 21.8 Å². The van der Waals surface area contributed by atoms with Gasteiger partial charge in [0.05, 0.1) is 11.8 Å². The summed E-state index contributed by atoms with van der Waals surface area (Å²) >= 11 is 0. The standard InChI is InChI=1S/C40H52N4O8S/c1-7-28-22-40(28,36(47)43-53(49,50)31-20-21-31)42-34(45)32-23-39(51-6,29-18-16-27(17-19-29)26-14-12-25(2)13-15-26)24-44(32)35(46)33(38(3,4)5)41-37(48)52-30-10-8-9-11-30/h7,12-19,28,30-33H,1,8-11,20-24H2,2-6H3,(H,41,48)(H,42,45)(H,43,47)/t28-,32+,33-,39+,40-/m1/s1. The van der Waals surface area contributed by atoms with Crippen LogP contribution in [0.4, 0.5) is 4.79 Å². The quantitative estimate of drug-likeness (QED) is 0.260. The largest absolute Gasteiger partial charge is 0.446 e. The molecule has 0 unspecified atom stereocenters. The third kappa shape index (κ3) is 8.01. The number of benzene rings is 2. The summed E-state index contributed by atoms with van der Waals surface area (Å²) in [5.74, 6) is -2.49. The summed E-state index contributed by atoms with van der Waals surface area (Å²) in [5.41, 5.74) is 0.432. The Morgan fingerprint density at radius 2 is 1.55 bits per heavy atom. The lowest BCUT2D eigenvalue weighted by Crippen LogP contribution is -2.60. The third-order valence-electron chi connectivity index (χ3n) is 11.3. The first kappa shape index (κ1) is 38.5.